The van der Waals surface area contributed by atoms with Gasteiger partial charge < -0.3 is 25.4 Å². The molecule has 3 aliphatic rings. The highest BCUT2D eigenvalue weighted by Gasteiger charge is 2.44. The van der Waals surface area contributed by atoms with Crippen LogP contribution >= 0.6 is 0 Å². The number of amides is 2. The van der Waals surface area contributed by atoms with Crippen LogP contribution in [0.3, 0.4) is 0 Å². The minimum absolute atomic E-state index is 0.0240. The van der Waals surface area contributed by atoms with Gasteiger partial charge in [0.2, 0.25) is 11.8 Å². The second-order valence-electron chi connectivity index (χ2n) is 10.6. The van der Waals surface area contributed by atoms with Gasteiger partial charge in [-0.25, -0.2) is 4.39 Å². The van der Waals surface area contributed by atoms with Crippen molar-refractivity contribution < 1.29 is 23.8 Å². The maximum atomic E-state index is 14.8. The molecule has 8 heteroatoms. The summed E-state index contributed by atoms with van der Waals surface area (Å²) in [7, 11) is 1.56. The number of rotatable bonds is 6. The summed E-state index contributed by atoms with van der Waals surface area (Å²) in [5.74, 6) is 4.06. The van der Waals surface area contributed by atoms with Crippen molar-refractivity contribution in [2.45, 2.75) is 68.7 Å². The van der Waals surface area contributed by atoms with Crippen molar-refractivity contribution in [3.05, 3.63) is 65.0 Å². The van der Waals surface area contributed by atoms with Gasteiger partial charge in [-0.2, -0.15) is 0 Å². The van der Waals surface area contributed by atoms with Crippen LogP contribution in [0.5, 0.6) is 5.75 Å². The molecule has 1 unspecified atom stereocenters. The molecule has 0 spiro atoms. The second-order valence-corrected chi connectivity index (χ2v) is 10.6. The van der Waals surface area contributed by atoms with E-state index < -0.39 is 29.9 Å². The molecule has 2 amide bonds. The molecule has 2 aliphatic heterocycles. The topological polar surface area (TPSA) is 90.9 Å². The van der Waals surface area contributed by atoms with Crippen LogP contribution in [0, 0.1) is 30.5 Å². The number of nitrogens with zero attached hydrogens (tertiary/aromatic N) is 1. The molecule has 2 aromatic carbocycles. The number of halogens is 1. The minimum atomic E-state index is -1.03. The lowest BCUT2D eigenvalue weighted by molar-refractivity contribution is -0.139. The predicted octanol–water partition coefficient (Wildman–Crippen LogP) is 2.89. The number of hydrogen-bond acceptors (Lipinski definition) is 5. The van der Waals surface area contributed by atoms with Crippen molar-refractivity contribution in [3.8, 4) is 30.4 Å². The molecule has 0 radical (unpaired) electrons. The summed E-state index contributed by atoms with van der Waals surface area (Å²) in [4.78, 5) is 27.6. The largest absolute Gasteiger partial charge is 0.491 e. The van der Waals surface area contributed by atoms with Gasteiger partial charge in [0.05, 0.1) is 18.8 Å². The molecule has 2 heterocycles. The molecule has 210 valence electrons. The summed E-state index contributed by atoms with van der Waals surface area (Å²) in [6.07, 6.45) is 13.3. The van der Waals surface area contributed by atoms with Gasteiger partial charge in [-0.15, -0.1) is 18.8 Å². The SMILES string of the molecule is C#CCC1C(=O)N[C@H]([C@H](O)CNC2(c3cccc(C#C)c3)CC2)Cc2ccc(c(F)c2)OCCCCC(=O)N1C. The third-order valence-corrected chi connectivity index (χ3v) is 7.74. The van der Waals surface area contributed by atoms with Gasteiger partial charge in [0.15, 0.2) is 11.6 Å². The third-order valence-electron chi connectivity index (χ3n) is 7.74. The Balaban J connectivity index is 1.57. The number of carbonyl (C=O) groups excluding carboxylic acids is 2. The maximum absolute atomic E-state index is 14.8. The number of terminal acetylenes is 2. The van der Waals surface area contributed by atoms with Gasteiger partial charge in [0.25, 0.3) is 0 Å². The molecular weight excluding hydrogens is 509 g/mol. The fraction of sp³-hybridized carbons (Fsp3) is 0.438. The monoisotopic (exact) mass is 545 g/mol. The van der Waals surface area contributed by atoms with Crippen LogP contribution in [-0.4, -0.2) is 60.2 Å². The number of carbonyl (C=O) groups is 2. The number of hydrogen-bond donors (Lipinski definition) is 3. The van der Waals surface area contributed by atoms with Crippen LogP contribution in [0.15, 0.2) is 42.5 Å². The van der Waals surface area contributed by atoms with Gasteiger partial charge in [-0.3, -0.25) is 9.59 Å². The van der Waals surface area contributed by atoms with Crippen molar-refractivity contribution in [2.75, 3.05) is 20.2 Å². The second kappa shape index (κ2) is 13.0. The van der Waals surface area contributed by atoms with Gasteiger partial charge in [-0.1, -0.05) is 24.1 Å². The smallest absolute Gasteiger partial charge is 0.244 e. The highest BCUT2D eigenvalue weighted by Crippen LogP contribution is 2.45. The Morgan fingerprint density at radius 1 is 1.23 bits per heavy atom. The first-order chi connectivity index (χ1) is 19.3. The van der Waals surface area contributed by atoms with Gasteiger partial charge in [0, 0.05) is 37.5 Å². The Hall–Kier alpha value is -3.85. The van der Waals surface area contributed by atoms with Crippen LogP contribution in [0.25, 0.3) is 0 Å². The molecule has 7 nitrogen and oxygen atoms in total. The van der Waals surface area contributed by atoms with E-state index in [1.807, 2.05) is 24.3 Å². The Labute approximate surface area is 235 Å². The average Bonchev–Trinajstić information content (AvgIpc) is 3.75. The Morgan fingerprint density at radius 3 is 2.73 bits per heavy atom. The van der Waals surface area contributed by atoms with E-state index in [2.05, 4.69) is 22.5 Å². The zero-order valence-electron chi connectivity index (χ0n) is 22.8. The summed E-state index contributed by atoms with van der Waals surface area (Å²) >= 11 is 0. The molecule has 3 N–H and O–H groups in total. The molecule has 5 rings (SSSR count). The van der Waals surface area contributed by atoms with E-state index in [0.29, 0.717) is 18.4 Å². The Morgan fingerprint density at radius 2 is 2.02 bits per heavy atom. The summed E-state index contributed by atoms with van der Waals surface area (Å²) in [5.41, 5.74) is 2.11. The Bertz CT molecular complexity index is 1310. The van der Waals surface area contributed by atoms with Crippen LogP contribution in [0.1, 0.15) is 55.2 Å². The van der Waals surface area contributed by atoms with Crippen LogP contribution in [0.2, 0.25) is 0 Å². The van der Waals surface area contributed by atoms with Crippen molar-refractivity contribution in [1.29, 1.82) is 0 Å². The quantitative estimate of drug-likeness (QED) is 0.486. The van der Waals surface area contributed by atoms with Crippen LogP contribution < -0.4 is 15.4 Å². The zero-order valence-corrected chi connectivity index (χ0v) is 22.8. The van der Waals surface area contributed by atoms with Gasteiger partial charge in [-0.05, 0) is 67.5 Å². The van der Waals surface area contributed by atoms with E-state index in [4.69, 9.17) is 17.6 Å². The molecule has 40 heavy (non-hydrogen) atoms. The average molecular weight is 546 g/mol. The summed E-state index contributed by atoms with van der Waals surface area (Å²) < 4.78 is 20.4. The number of aliphatic hydroxyl groups is 1. The molecule has 0 saturated heterocycles. The van der Waals surface area contributed by atoms with Crippen LogP contribution in [-0.2, 0) is 21.5 Å². The Kier molecular flexibility index (Phi) is 9.47. The fourth-order valence-corrected chi connectivity index (χ4v) is 5.07. The number of nitrogens with one attached hydrogen (secondary N) is 2. The number of likely N-dealkylation sites (N-methyl/N-ethyl adjacent to an activating group) is 1. The summed E-state index contributed by atoms with van der Waals surface area (Å²) in [6.45, 7) is 0.435. The molecule has 1 fully saturated rings. The number of fused-ring (bicyclic) bond motifs is 13. The molecule has 2 aromatic rings. The third kappa shape index (κ3) is 7.01. The van der Waals surface area contributed by atoms with E-state index in [1.165, 1.54) is 11.0 Å². The van der Waals surface area contributed by atoms with E-state index in [9.17, 15) is 19.1 Å². The molecule has 3 atom stereocenters. The van der Waals surface area contributed by atoms with Crippen molar-refractivity contribution in [1.82, 2.24) is 15.5 Å². The molecule has 1 aliphatic carbocycles. The minimum Gasteiger partial charge on any atom is -0.491 e. The number of benzene rings is 2. The molecular formula is C32H36FN3O4. The summed E-state index contributed by atoms with van der Waals surface area (Å²) in [6, 6.07) is 10.7. The van der Waals surface area contributed by atoms with Crippen molar-refractivity contribution >= 4 is 11.8 Å². The summed E-state index contributed by atoms with van der Waals surface area (Å²) in [5, 5.41) is 17.7. The first-order valence-electron chi connectivity index (χ1n) is 13.7. The predicted molar refractivity (Wildman–Crippen MR) is 151 cm³/mol. The van der Waals surface area contributed by atoms with Gasteiger partial charge >= 0.3 is 0 Å². The first kappa shape index (κ1) is 29.1. The van der Waals surface area contributed by atoms with Gasteiger partial charge in [0.1, 0.15) is 6.04 Å². The van der Waals surface area contributed by atoms with E-state index in [-0.39, 0.29) is 49.6 Å². The first-order valence-corrected chi connectivity index (χ1v) is 13.7. The zero-order chi connectivity index (χ0) is 28.7. The van der Waals surface area contributed by atoms with Crippen molar-refractivity contribution in [3.63, 3.8) is 0 Å². The number of aliphatic hydroxyl groups excluding tert-OH is 1. The standard InChI is InChI=1S/C32H36FN3O4/c1-4-9-27-31(39)35-26(28(37)21-34-32(15-16-32)24-11-8-10-22(5-2)18-24)20-23-13-14-29(25(33)19-23)40-17-7-6-12-30(38)36(27)3/h1-2,8,10-11,13-14,18-19,26-28,34,37H,6-7,9,12,15-17,20-21H2,3H3,(H,35,39)/t26-,27?,28+/m0/s1. The van der Waals surface area contributed by atoms with Crippen molar-refractivity contribution in [2.24, 2.45) is 0 Å². The maximum Gasteiger partial charge on any atom is 0.244 e. The lowest BCUT2D eigenvalue weighted by atomic mass is 9.98. The molecule has 2 bridgehead atoms. The lowest BCUT2D eigenvalue weighted by Gasteiger charge is -2.31. The van der Waals surface area contributed by atoms with E-state index >= 15 is 0 Å². The van der Waals surface area contributed by atoms with E-state index in [0.717, 1.165) is 24.0 Å². The number of ether oxygens (including phenoxy) is 1. The highest BCUT2D eigenvalue weighted by atomic mass is 19.1. The fourth-order valence-electron chi connectivity index (χ4n) is 5.07. The molecule has 0 aromatic heterocycles. The molecule has 1 saturated carbocycles. The normalized spacial score (nSPS) is 22.0. The van der Waals surface area contributed by atoms with E-state index in [1.54, 1.807) is 19.2 Å². The highest BCUT2D eigenvalue weighted by molar-refractivity contribution is 5.88. The van der Waals surface area contributed by atoms with Crippen LogP contribution in [0.4, 0.5) is 4.39 Å². The lowest BCUT2D eigenvalue weighted by Crippen LogP contribution is -2.55.